The molecule has 7 heteroatoms. The van der Waals surface area contributed by atoms with Gasteiger partial charge < -0.3 is 20.7 Å². The normalized spacial score (nSPS) is 15.4. The maximum Gasteiger partial charge on any atom is 0.220 e. The molecule has 1 saturated carbocycles. The Bertz CT molecular complexity index is 647. The molecule has 6 nitrogen and oxygen atoms in total. The van der Waals surface area contributed by atoms with Gasteiger partial charge in [-0.25, -0.2) is 0 Å². The lowest BCUT2D eigenvalue weighted by Crippen LogP contribution is -2.38. The van der Waals surface area contributed by atoms with Crippen LogP contribution in [0, 0.1) is 0 Å². The van der Waals surface area contributed by atoms with Crippen LogP contribution in [0.5, 0.6) is 5.75 Å². The number of ether oxygens (including phenoxy) is 1. The van der Waals surface area contributed by atoms with Gasteiger partial charge in [0.05, 0.1) is 6.61 Å². The molecule has 27 heavy (non-hydrogen) atoms. The Kier molecular flexibility index (Phi) is 9.17. The molecule has 3 rings (SSSR count). The van der Waals surface area contributed by atoms with Crippen molar-refractivity contribution in [2.45, 2.75) is 51.5 Å². The standard InChI is InChI=1S/C20H30N4O2.HI/c1-2-21-20(22-11-3-4-19(25)24-17-6-7-17)23-12-9-15-5-8-18-16(14-15)10-13-26-18;/h5,8,14,17H,2-4,6-7,9-13H2,1H3,(H,24,25)(H2,21,22,23);1H. The minimum atomic E-state index is 0. The minimum Gasteiger partial charge on any atom is -0.493 e. The summed E-state index contributed by atoms with van der Waals surface area (Å²) >= 11 is 0. The molecular formula is C20H31IN4O2. The Hall–Kier alpha value is -1.51. The Morgan fingerprint density at radius 1 is 1.30 bits per heavy atom. The highest BCUT2D eigenvalue weighted by Gasteiger charge is 2.22. The van der Waals surface area contributed by atoms with Crippen LogP contribution in [0.25, 0.3) is 0 Å². The van der Waals surface area contributed by atoms with Gasteiger partial charge in [-0.05, 0) is 49.8 Å². The lowest BCUT2D eigenvalue weighted by atomic mass is 10.1. The quantitative estimate of drug-likeness (QED) is 0.217. The van der Waals surface area contributed by atoms with Gasteiger partial charge in [0, 0.05) is 38.5 Å². The van der Waals surface area contributed by atoms with E-state index in [0.717, 1.165) is 63.5 Å². The summed E-state index contributed by atoms with van der Waals surface area (Å²) in [6.07, 6.45) is 5.55. The van der Waals surface area contributed by atoms with E-state index >= 15 is 0 Å². The molecule has 2 aliphatic rings. The summed E-state index contributed by atoms with van der Waals surface area (Å²) in [7, 11) is 0. The second-order valence-electron chi connectivity index (χ2n) is 6.92. The van der Waals surface area contributed by atoms with Crippen LogP contribution >= 0.6 is 24.0 Å². The first kappa shape index (κ1) is 21.8. The first-order valence-electron chi connectivity index (χ1n) is 9.80. The predicted octanol–water partition coefficient (Wildman–Crippen LogP) is 2.40. The van der Waals surface area contributed by atoms with Crippen molar-refractivity contribution in [1.82, 2.24) is 16.0 Å². The van der Waals surface area contributed by atoms with E-state index in [1.165, 1.54) is 11.1 Å². The van der Waals surface area contributed by atoms with Crippen molar-refractivity contribution in [3.8, 4) is 5.75 Å². The second-order valence-corrected chi connectivity index (χ2v) is 6.92. The number of carbonyl (C=O) groups excluding carboxylic acids is 1. The number of rotatable bonds is 9. The molecule has 150 valence electrons. The number of hydrogen-bond donors (Lipinski definition) is 3. The van der Waals surface area contributed by atoms with Crippen molar-refractivity contribution in [3.05, 3.63) is 29.3 Å². The molecule has 3 N–H and O–H groups in total. The zero-order chi connectivity index (χ0) is 18.2. The van der Waals surface area contributed by atoms with Crippen molar-refractivity contribution >= 4 is 35.8 Å². The van der Waals surface area contributed by atoms with Gasteiger partial charge in [-0.2, -0.15) is 0 Å². The zero-order valence-electron chi connectivity index (χ0n) is 16.1. The van der Waals surface area contributed by atoms with E-state index in [0.29, 0.717) is 19.0 Å². The molecule has 0 saturated heterocycles. The van der Waals surface area contributed by atoms with Crippen LogP contribution in [0.15, 0.2) is 23.2 Å². The number of amides is 1. The summed E-state index contributed by atoms with van der Waals surface area (Å²) in [6, 6.07) is 6.89. The van der Waals surface area contributed by atoms with Gasteiger partial charge in [-0.1, -0.05) is 12.1 Å². The molecular weight excluding hydrogens is 455 g/mol. The van der Waals surface area contributed by atoms with Crippen molar-refractivity contribution < 1.29 is 9.53 Å². The highest BCUT2D eigenvalue weighted by atomic mass is 127. The van der Waals surface area contributed by atoms with E-state index in [9.17, 15) is 4.79 Å². The van der Waals surface area contributed by atoms with E-state index < -0.39 is 0 Å². The highest BCUT2D eigenvalue weighted by Crippen LogP contribution is 2.25. The number of nitrogens with zero attached hydrogens (tertiary/aromatic N) is 1. The van der Waals surface area contributed by atoms with Gasteiger partial charge in [0.25, 0.3) is 0 Å². The smallest absolute Gasteiger partial charge is 0.220 e. The van der Waals surface area contributed by atoms with Crippen molar-refractivity contribution in [2.75, 3.05) is 26.2 Å². The van der Waals surface area contributed by atoms with Crippen LogP contribution < -0.4 is 20.7 Å². The highest BCUT2D eigenvalue weighted by molar-refractivity contribution is 14.0. The summed E-state index contributed by atoms with van der Waals surface area (Å²) < 4.78 is 5.55. The number of aliphatic imine (C=N–C) groups is 1. The first-order chi connectivity index (χ1) is 12.7. The Balaban J connectivity index is 0.00000261. The summed E-state index contributed by atoms with van der Waals surface area (Å²) in [5.41, 5.74) is 2.63. The number of carbonyl (C=O) groups is 1. The van der Waals surface area contributed by atoms with Gasteiger partial charge in [0.2, 0.25) is 5.91 Å². The Morgan fingerprint density at radius 3 is 2.93 bits per heavy atom. The molecule has 0 atom stereocenters. The van der Waals surface area contributed by atoms with Gasteiger partial charge >= 0.3 is 0 Å². The van der Waals surface area contributed by atoms with E-state index in [4.69, 9.17) is 4.74 Å². The van der Waals surface area contributed by atoms with Gasteiger partial charge in [0.1, 0.15) is 5.75 Å². The van der Waals surface area contributed by atoms with Crippen LogP contribution in [0.2, 0.25) is 0 Å². The largest absolute Gasteiger partial charge is 0.493 e. The third-order valence-corrected chi connectivity index (χ3v) is 4.58. The fraction of sp³-hybridized carbons (Fsp3) is 0.600. The molecule has 0 bridgehead atoms. The third kappa shape index (κ3) is 7.56. The second kappa shape index (κ2) is 11.4. The van der Waals surface area contributed by atoms with E-state index in [1.807, 2.05) is 0 Å². The van der Waals surface area contributed by atoms with E-state index in [-0.39, 0.29) is 29.9 Å². The number of nitrogens with one attached hydrogen (secondary N) is 3. The number of guanidine groups is 1. The minimum absolute atomic E-state index is 0. The van der Waals surface area contributed by atoms with Gasteiger partial charge in [-0.3, -0.25) is 9.79 Å². The fourth-order valence-electron chi connectivity index (χ4n) is 3.02. The molecule has 0 spiro atoms. The monoisotopic (exact) mass is 486 g/mol. The summed E-state index contributed by atoms with van der Waals surface area (Å²) in [6.45, 7) is 5.16. The topological polar surface area (TPSA) is 74.8 Å². The van der Waals surface area contributed by atoms with Crippen LogP contribution in [-0.2, 0) is 17.6 Å². The Labute approximate surface area is 178 Å². The molecule has 1 aliphatic heterocycles. The number of benzene rings is 1. The molecule has 0 aromatic heterocycles. The Morgan fingerprint density at radius 2 is 2.15 bits per heavy atom. The molecule has 1 amide bonds. The summed E-state index contributed by atoms with van der Waals surface area (Å²) in [4.78, 5) is 16.2. The van der Waals surface area contributed by atoms with Crippen molar-refractivity contribution in [1.29, 1.82) is 0 Å². The molecule has 1 heterocycles. The molecule has 1 fully saturated rings. The molecule has 0 unspecified atom stereocenters. The average molecular weight is 486 g/mol. The van der Waals surface area contributed by atoms with Gasteiger partial charge in [0.15, 0.2) is 5.96 Å². The predicted molar refractivity (Wildman–Crippen MR) is 119 cm³/mol. The summed E-state index contributed by atoms with van der Waals surface area (Å²) in [5.74, 6) is 2.00. The van der Waals surface area contributed by atoms with Crippen molar-refractivity contribution in [3.63, 3.8) is 0 Å². The lowest BCUT2D eigenvalue weighted by Gasteiger charge is -2.11. The molecule has 1 aromatic rings. The zero-order valence-corrected chi connectivity index (χ0v) is 18.4. The SMILES string of the molecule is CCNC(=NCCCC(=O)NC1CC1)NCCc1ccc2c(c1)CCO2.I. The third-order valence-electron chi connectivity index (χ3n) is 4.58. The number of halogens is 1. The molecule has 1 aliphatic carbocycles. The molecule has 0 radical (unpaired) electrons. The van der Waals surface area contributed by atoms with Crippen LogP contribution in [0.1, 0.15) is 43.7 Å². The number of fused-ring (bicyclic) bond motifs is 1. The van der Waals surface area contributed by atoms with E-state index in [2.05, 4.69) is 46.1 Å². The van der Waals surface area contributed by atoms with E-state index in [1.54, 1.807) is 0 Å². The maximum absolute atomic E-state index is 11.7. The van der Waals surface area contributed by atoms with Crippen LogP contribution in [-0.4, -0.2) is 44.1 Å². The average Bonchev–Trinajstić information content (AvgIpc) is 3.31. The maximum atomic E-state index is 11.7. The van der Waals surface area contributed by atoms with Crippen molar-refractivity contribution in [2.24, 2.45) is 4.99 Å². The first-order valence-corrected chi connectivity index (χ1v) is 9.80. The number of hydrogen-bond acceptors (Lipinski definition) is 3. The summed E-state index contributed by atoms with van der Waals surface area (Å²) in [5, 5.41) is 9.64. The lowest BCUT2D eigenvalue weighted by molar-refractivity contribution is -0.121. The van der Waals surface area contributed by atoms with Gasteiger partial charge in [-0.15, -0.1) is 24.0 Å². The molecule has 1 aromatic carbocycles. The van der Waals surface area contributed by atoms with Crippen LogP contribution in [0.4, 0.5) is 0 Å². The fourth-order valence-corrected chi connectivity index (χ4v) is 3.02. The van der Waals surface area contributed by atoms with Crippen LogP contribution in [0.3, 0.4) is 0 Å².